The highest BCUT2D eigenvalue weighted by Crippen LogP contribution is 2.36. The quantitative estimate of drug-likeness (QED) is 0.224. The lowest BCUT2D eigenvalue weighted by Gasteiger charge is -2.11. The van der Waals surface area contributed by atoms with Gasteiger partial charge in [-0.1, -0.05) is 30.3 Å². The molecule has 0 atom stereocenters. The number of hydrogen-bond acceptors (Lipinski definition) is 7. The zero-order chi connectivity index (χ0) is 24.9. The first-order valence-electron chi connectivity index (χ1n) is 10.1. The molecule has 0 spiro atoms. The summed E-state index contributed by atoms with van der Waals surface area (Å²) in [7, 11) is 1.51. The van der Waals surface area contributed by atoms with E-state index >= 15 is 0 Å². The van der Waals surface area contributed by atoms with E-state index in [1.807, 2.05) is 30.3 Å². The second kappa shape index (κ2) is 10.4. The normalized spacial score (nSPS) is 10.8. The van der Waals surface area contributed by atoms with Crippen molar-refractivity contribution in [3.8, 4) is 17.6 Å². The highest BCUT2D eigenvalue weighted by atomic mass is 79.9. The van der Waals surface area contributed by atoms with Gasteiger partial charge in [-0.15, -0.1) is 11.3 Å². The Bertz CT molecular complexity index is 1520. The highest BCUT2D eigenvalue weighted by molar-refractivity contribution is 9.11. The molecule has 35 heavy (non-hydrogen) atoms. The average Bonchev–Trinajstić information content (AvgIpc) is 3.25. The molecule has 3 aromatic carbocycles. The number of phenols is 1. The number of carbonyl (C=O) groups excluding carboxylic acids is 2. The number of amides is 2. The van der Waals surface area contributed by atoms with Gasteiger partial charge in [0.1, 0.15) is 15.6 Å². The summed E-state index contributed by atoms with van der Waals surface area (Å²) in [4.78, 5) is 25.2. The summed E-state index contributed by atoms with van der Waals surface area (Å²) in [6.07, 6.45) is 1.50. The smallest absolute Gasteiger partial charge is 0.271 e. The molecule has 0 aliphatic rings. The Balaban J connectivity index is 1.56. The number of hydrogen-bond donors (Lipinski definition) is 3. The van der Waals surface area contributed by atoms with E-state index in [-0.39, 0.29) is 22.8 Å². The van der Waals surface area contributed by atoms with Crippen molar-refractivity contribution in [2.45, 2.75) is 0 Å². The van der Waals surface area contributed by atoms with Crippen molar-refractivity contribution < 1.29 is 19.4 Å². The van der Waals surface area contributed by atoms with Crippen LogP contribution in [0, 0.1) is 11.3 Å². The zero-order valence-electron chi connectivity index (χ0n) is 18.2. The lowest BCUT2D eigenvalue weighted by molar-refractivity contribution is 0.0954. The third-order valence-corrected chi connectivity index (χ3v) is 6.77. The fourth-order valence-electron chi connectivity index (χ4n) is 3.40. The molecule has 8 nitrogen and oxygen atoms in total. The molecule has 0 radical (unpaired) electrons. The molecule has 10 heteroatoms. The van der Waals surface area contributed by atoms with Crippen LogP contribution >= 0.6 is 27.3 Å². The van der Waals surface area contributed by atoms with Crippen molar-refractivity contribution in [1.29, 1.82) is 5.26 Å². The van der Waals surface area contributed by atoms with Gasteiger partial charge in [0.05, 0.1) is 24.5 Å². The summed E-state index contributed by atoms with van der Waals surface area (Å²) in [5.74, 6) is -0.543. The Morgan fingerprint density at radius 1 is 1.14 bits per heavy atom. The Morgan fingerprint density at radius 3 is 2.66 bits per heavy atom. The van der Waals surface area contributed by atoms with Crippen LogP contribution in [-0.2, 0) is 0 Å². The number of nitrogens with one attached hydrogen (secondary N) is 2. The molecule has 1 aromatic heterocycles. The van der Waals surface area contributed by atoms with Crippen LogP contribution in [-0.4, -0.2) is 30.2 Å². The van der Waals surface area contributed by atoms with Crippen LogP contribution in [0.3, 0.4) is 0 Å². The van der Waals surface area contributed by atoms with E-state index in [1.54, 1.807) is 17.5 Å². The number of nitrogens with zero attached hydrogens (tertiary/aromatic N) is 2. The fraction of sp³-hybridized carbons (Fsp3) is 0.0400. The molecule has 0 aliphatic heterocycles. The first kappa shape index (κ1) is 23.9. The molecular formula is C25H17BrN4O4S. The summed E-state index contributed by atoms with van der Waals surface area (Å²) in [6, 6.07) is 16.8. The van der Waals surface area contributed by atoms with Gasteiger partial charge in [0.25, 0.3) is 11.8 Å². The number of fused-ring (bicyclic) bond motifs is 1. The fourth-order valence-corrected chi connectivity index (χ4v) is 4.79. The summed E-state index contributed by atoms with van der Waals surface area (Å²) in [5.41, 5.74) is 4.37. The standard InChI is InChI=1S/C25H17BrN4O4S/c1-34-22-19(13-35-23(22)26)25(33)29-20-8-6-15(17-4-2-3-5-18(17)20)12-28-30-24(32)14-7-9-21(31)16(10-14)11-27/h2-10,12-13,31H,1H3,(H,29,33)(H,30,32). The minimum Gasteiger partial charge on any atom is -0.507 e. The zero-order valence-corrected chi connectivity index (χ0v) is 20.6. The maximum atomic E-state index is 12.9. The molecule has 0 saturated carbocycles. The van der Waals surface area contributed by atoms with Gasteiger partial charge in [-0.3, -0.25) is 9.59 Å². The molecule has 3 N–H and O–H groups in total. The number of hydrazone groups is 1. The third-order valence-electron chi connectivity index (χ3n) is 5.11. The van der Waals surface area contributed by atoms with Gasteiger partial charge in [0.2, 0.25) is 0 Å². The van der Waals surface area contributed by atoms with E-state index in [4.69, 9.17) is 10.00 Å². The SMILES string of the molecule is COc1c(C(=O)Nc2ccc(C=NNC(=O)c3ccc(O)c(C#N)c3)c3ccccc23)csc1Br. The van der Waals surface area contributed by atoms with Crippen molar-refractivity contribution >= 4 is 61.8 Å². The summed E-state index contributed by atoms with van der Waals surface area (Å²) >= 11 is 4.75. The van der Waals surface area contributed by atoms with Crippen molar-refractivity contribution in [3.05, 3.63) is 86.0 Å². The van der Waals surface area contributed by atoms with Crippen LogP contribution in [0.15, 0.2) is 68.9 Å². The van der Waals surface area contributed by atoms with Crippen molar-refractivity contribution in [2.24, 2.45) is 5.10 Å². The molecule has 2 amide bonds. The van der Waals surface area contributed by atoms with Gasteiger partial charge < -0.3 is 15.2 Å². The Hall–Kier alpha value is -4.20. The van der Waals surface area contributed by atoms with Crippen LogP contribution in [0.4, 0.5) is 5.69 Å². The van der Waals surface area contributed by atoms with Crippen LogP contribution in [0.2, 0.25) is 0 Å². The maximum absolute atomic E-state index is 12.9. The number of anilines is 1. The first-order chi connectivity index (χ1) is 16.9. The number of thiophene rings is 1. The predicted molar refractivity (Wildman–Crippen MR) is 138 cm³/mol. The molecule has 0 aliphatic carbocycles. The molecular weight excluding hydrogens is 532 g/mol. The van der Waals surface area contributed by atoms with Gasteiger partial charge in [-0.25, -0.2) is 5.43 Å². The second-order valence-electron chi connectivity index (χ2n) is 7.20. The van der Waals surface area contributed by atoms with Crippen molar-refractivity contribution in [1.82, 2.24) is 5.43 Å². The lowest BCUT2D eigenvalue weighted by Crippen LogP contribution is -2.17. The van der Waals surface area contributed by atoms with Gasteiger partial charge in [-0.2, -0.15) is 10.4 Å². The number of nitriles is 1. The van der Waals surface area contributed by atoms with E-state index in [0.29, 0.717) is 17.0 Å². The van der Waals surface area contributed by atoms with E-state index in [2.05, 4.69) is 31.8 Å². The van der Waals surface area contributed by atoms with Crippen LogP contribution in [0.5, 0.6) is 11.5 Å². The molecule has 0 fully saturated rings. The van der Waals surface area contributed by atoms with Gasteiger partial charge in [0.15, 0.2) is 5.75 Å². The number of ether oxygens (including phenoxy) is 1. The Labute approximate surface area is 212 Å². The maximum Gasteiger partial charge on any atom is 0.271 e. The largest absolute Gasteiger partial charge is 0.507 e. The van der Waals surface area contributed by atoms with Crippen LogP contribution in [0.1, 0.15) is 31.8 Å². The molecule has 0 saturated heterocycles. The average molecular weight is 549 g/mol. The van der Waals surface area contributed by atoms with Gasteiger partial charge >= 0.3 is 0 Å². The van der Waals surface area contributed by atoms with Gasteiger partial charge in [-0.05, 0) is 45.6 Å². The molecule has 0 unspecified atom stereocenters. The molecule has 0 bridgehead atoms. The monoisotopic (exact) mass is 548 g/mol. The number of aromatic hydroxyl groups is 1. The van der Waals surface area contributed by atoms with Crippen LogP contribution in [0.25, 0.3) is 10.8 Å². The number of carbonyl (C=O) groups is 2. The second-order valence-corrected chi connectivity index (χ2v) is 9.40. The minimum atomic E-state index is -0.526. The third kappa shape index (κ3) is 5.01. The number of halogens is 1. The highest BCUT2D eigenvalue weighted by Gasteiger charge is 2.18. The first-order valence-corrected chi connectivity index (χ1v) is 11.8. The van der Waals surface area contributed by atoms with Crippen LogP contribution < -0.4 is 15.5 Å². The Kier molecular flexibility index (Phi) is 7.10. The van der Waals surface area contributed by atoms with E-state index in [1.165, 1.54) is 42.9 Å². The number of methoxy groups -OCH3 is 1. The number of rotatable bonds is 6. The topological polar surface area (TPSA) is 124 Å². The van der Waals surface area contributed by atoms with E-state index in [9.17, 15) is 14.7 Å². The van der Waals surface area contributed by atoms with Gasteiger partial charge in [0, 0.05) is 27.6 Å². The molecule has 174 valence electrons. The number of phenolic OH excluding ortho intramolecular Hbond substituents is 1. The molecule has 4 rings (SSSR count). The minimum absolute atomic E-state index is 0.00214. The Morgan fingerprint density at radius 2 is 1.91 bits per heavy atom. The molecule has 4 aromatic rings. The lowest BCUT2D eigenvalue weighted by atomic mass is 10.0. The molecule has 1 heterocycles. The summed E-state index contributed by atoms with van der Waals surface area (Å²) < 4.78 is 6.05. The van der Waals surface area contributed by atoms with E-state index in [0.717, 1.165) is 20.1 Å². The number of benzene rings is 3. The van der Waals surface area contributed by atoms with E-state index < -0.39 is 5.91 Å². The predicted octanol–water partition coefficient (Wildman–Crippen LogP) is 5.27. The van der Waals surface area contributed by atoms with Crippen molar-refractivity contribution in [2.75, 3.05) is 12.4 Å². The van der Waals surface area contributed by atoms with Crippen molar-refractivity contribution in [3.63, 3.8) is 0 Å². The summed E-state index contributed by atoms with van der Waals surface area (Å²) in [6.45, 7) is 0. The summed E-state index contributed by atoms with van der Waals surface area (Å²) in [5, 5.41) is 28.9.